The first kappa shape index (κ1) is 16.4. The van der Waals surface area contributed by atoms with Crippen molar-refractivity contribution in [3.8, 4) is 0 Å². The number of benzene rings is 2. The molecule has 3 aromatic rings. The Labute approximate surface area is 158 Å². The SMILES string of the molecule is CCN1C(=O)C(C)(C)c2cc3[nH]c(C4CCNc5ccccc54)nc3cc21. The number of imidazole rings is 1. The Balaban J connectivity index is 1.64. The van der Waals surface area contributed by atoms with E-state index in [2.05, 4.69) is 46.7 Å². The lowest BCUT2D eigenvalue weighted by Gasteiger charge is -2.25. The highest BCUT2D eigenvalue weighted by molar-refractivity contribution is 6.09. The first-order chi connectivity index (χ1) is 13.0. The number of nitrogens with one attached hydrogen (secondary N) is 2. The summed E-state index contributed by atoms with van der Waals surface area (Å²) < 4.78 is 0. The summed E-state index contributed by atoms with van der Waals surface area (Å²) >= 11 is 0. The second-order valence-corrected chi connectivity index (χ2v) is 8.04. The van der Waals surface area contributed by atoms with Crippen LogP contribution < -0.4 is 10.2 Å². The van der Waals surface area contributed by atoms with E-state index in [1.165, 1.54) is 11.3 Å². The van der Waals surface area contributed by atoms with Gasteiger partial charge in [-0.05, 0) is 56.5 Å². The van der Waals surface area contributed by atoms with Gasteiger partial charge >= 0.3 is 0 Å². The van der Waals surface area contributed by atoms with Gasteiger partial charge in [0.1, 0.15) is 5.82 Å². The van der Waals surface area contributed by atoms with Crippen molar-refractivity contribution >= 4 is 28.3 Å². The summed E-state index contributed by atoms with van der Waals surface area (Å²) in [4.78, 5) is 23.1. The normalized spacial score (nSPS) is 20.5. The van der Waals surface area contributed by atoms with E-state index in [4.69, 9.17) is 4.98 Å². The van der Waals surface area contributed by atoms with Crippen LogP contribution in [0.1, 0.15) is 50.1 Å². The minimum Gasteiger partial charge on any atom is -0.385 e. The van der Waals surface area contributed by atoms with E-state index in [9.17, 15) is 4.79 Å². The Morgan fingerprint density at radius 2 is 2.07 bits per heavy atom. The van der Waals surface area contributed by atoms with Crippen molar-refractivity contribution in [2.45, 2.75) is 38.5 Å². The predicted octanol–water partition coefficient (Wildman–Crippen LogP) is 4.15. The molecule has 5 rings (SSSR count). The number of aromatic amines is 1. The van der Waals surface area contributed by atoms with Gasteiger partial charge in [-0.1, -0.05) is 18.2 Å². The number of hydrogen-bond donors (Lipinski definition) is 2. The highest BCUT2D eigenvalue weighted by atomic mass is 16.2. The van der Waals surface area contributed by atoms with Crippen molar-refractivity contribution in [1.82, 2.24) is 9.97 Å². The molecule has 138 valence electrons. The smallest absolute Gasteiger partial charge is 0.237 e. The van der Waals surface area contributed by atoms with Crippen LogP contribution in [-0.2, 0) is 10.2 Å². The van der Waals surface area contributed by atoms with Crippen LogP contribution in [-0.4, -0.2) is 29.0 Å². The van der Waals surface area contributed by atoms with Crippen LogP contribution in [0.4, 0.5) is 11.4 Å². The fourth-order valence-corrected chi connectivity index (χ4v) is 4.58. The molecule has 2 N–H and O–H groups in total. The number of nitrogens with zero attached hydrogens (tertiary/aromatic N) is 2. The fourth-order valence-electron chi connectivity index (χ4n) is 4.58. The summed E-state index contributed by atoms with van der Waals surface area (Å²) in [5.41, 5.74) is 6.03. The van der Waals surface area contributed by atoms with Crippen LogP contribution in [0.15, 0.2) is 36.4 Å². The quantitative estimate of drug-likeness (QED) is 0.721. The highest BCUT2D eigenvalue weighted by Gasteiger charge is 2.43. The van der Waals surface area contributed by atoms with E-state index in [-0.39, 0.29) is 11.8 Å². The molecule has 2 aliphatic heterocycles. The first-order valence-electron chi connectivity index (χ1n) is 9.69. The Bertz CT molecular complexity index is 1070. The summed E-state index contributed by atoms with van der Waals surface area (Å²) in [6, 6.07) is 12.7. The Morgan fingerprint density at radius 1 is 1.26 bits per heavy atom. The van der Waals surface area contributed by atoms with Gasteiger partial charge in [-0.25, -0.2) is 4.98 Å². The summed E-state index contributed by atoms with van der Waals surface area (Å²) in [5.74, 6) is 1.44. The van der Waals surface area contributed by atoms with Crippen molar-refractivity contribution < 1.29 is 4.79 Å². The van der Waals surface area contributed by atoms with Crippen molar-refractivity contribution in [2.75, 3.05) is 23.3 Å². The molecule has 5 nitrogen and oxygen atoms in total. The standard InChI is InChI=1S/C22H24N4O/c1-4-26-19-12-18-17(11-15(19)22(2,3)21(26)27)24-20(25-18)14-9-10-23-16-8-6-5-7-13(14)16/h5-8,11-12,14,23H,4,9-10H2,1-3H3,(H,24,25). The van der Waals surface area contributed by atoms with Crippen LogP contribution in [0.3, 0.4) is 0 Å². The molecule has 0 saturated heterocycles. The van der Waals surface area contributed by atoms with Gasteiger partial charge in [-0.3, -0.25) is 4.79 Å². The van der Waals surface area contributed by atoms with Crippen molar-refractivity contribution in [1.29, 1.82) is 0 Å². The molecule has 0 radical (unpaired) electrons. The van der Waals surface area contributed by atoms with Gasteiger partial charge in [0.15, 0.2) is 0 Å². The van der Waals surface area contributed by atoms with E-state index in [0.717, 1.165) is 41.1 Å². The third-order valence-electron chi connectivity index (χ3n) is 6.09. The number of amides is 1. The van der Waals surface area contributed by atoms with Gasteiger partial charge in [-0.15, -0.1) is 0 Å². The number of carbonyl (C=O) groups is 1. The summed E-state index contributed by atoms with van der Waals surface area (Å²) in [6.07, 6.45) is 1.02. The number of aromatic nitrogens is 2. The van der Waals surface area contributed by atoms with Crippen LogP contribution in [0.2, 0.25) is 0 Å². The molecular formula is C22H24N4O. The van der Waals surface area contributed by atoms with E-state index in [1.807, 2.05) is 25.7 Å². The van der Waals surface area contributed by atoms with Crippen LogP contribution in [0, 0.1) is 0 Å². The van der Waals surface area contributed by atoms with E-state index < -0.39 is 5.41 Å². The molecule has 1 amide bonds. The maximum Gasteiger partial charge on any atom is 0.237 e. The lowest BCUT2D eigenvalue weighted by molar-refractivity contribution is -0.122. The van der Waals surface area contributed by atoms with Gasteiger partial charge in [0.25, 0.3) is 0 Å². The van der Waals surface area contributed by atoms with Crippen LogP contribution in [0.25, 0.3) is 11.0 Å². The molecule has 0 fully saturated rings. The molecule has 0 saturated carbocycles. The van der Waals surface area contributed by atoms with Gasteiger partial charge in [0.05, 0.1) is 22.1 Å². The molecule has 0 spiro atoms. The number of rotatable bonds is 2. The minimum absolute atomic E-state index is 0.167. The maximum atomic E-state index is 12.8. The zero-order valence-electron chi connectivity index (χ0n) is 16.0. The average molecular weight is 360 g/mol. The number of carbonyl (C=O) groups excluding carboxylic acids is 1. The topological polar surface area (TPSA) is 61.0 Å². The number of likely N-dealkylation sites (N-methyl/N-ethyl adjacent to an activating group) is 1. The fraction of sp³-hybridized carbons (Fsp3) is 0.364. The van der Waals surface area contributed by atoms with Crippen molar-refractivity contribution in [3.05, 3.63) is 53.3 Å². The lowest BCUT2D eigenvalue weighted by Crippen LogP contribution is -2.35. The molecule has 1 atom stereocenters. The number of hydrogen-bond acceptors (Lipinski definition) is 3. The number of anilines is 2. The van der Waals surface area contributed by atoms with Crippen molar-refractivity contribution in [3.63, 3.8) is 0 Å². The van der Waals surface area contributed by atoms with E-state index >= 15 is 0 Å². The second-order valence-electron chi connectivity index (χ2n) is 8.04. The minimum atomic E-state index is -0.494. The van der Waals surface area contributed by atoms with Gasteiger partial charge < -0.3 is 15.2 Å². The zero-order chi connectivity index (χ0) is 18.8. The molecule has 3 heterocycles. The maximum absolute atomic E-state index is 12.8. The summed E-state index contributed by atoms with van der Waals surface area (Å²) in [5, 5.41) is 3.48. The molecule has 0 bridgehead atoms. The monoisotopic (exact) mass is 360 g/mol. The van der Waals surface area contributed by atoms with Crippen LogP contribution in [0.5, 0.6) is 0 Å². The molecule has 2 aromatic carbocycles. The Hall–Kier alpha value is -2.82. The third kappa shape index (κ3) is 2.24. The van der Waals surface area contributed by atoms with Gasteiger partial charge in [0, 0.05) is 24.7 Å². The zero-order valence-corrected chi connectivity index (χ0v) is 16.0. The Morgan fingerprint density at radius 3 is 2.89 bits per heavy atom. The average Bonchev–Trinajstić information content (AvgIpc) is 3.17. The highest BCUT2D eigenvalue weighted by Crippen LogP contribution is 2.44. The van der Waals surface area contributed by atoms with E-state index in [0.29, 0.717) is 6.54 Å². The Kier molecular flexibility index (Phi) is 3.39. The third-order valence-corrected chi connectivity index (χ3v) is 6.09. The summed E-state index contributed by atoms with van der Waals surface area (Å²) in [7, 11) is 0. The molecule has 27 heavy (non-hydrogen) atoms. The van der Waals surface area contributed by atoms with Gasteiger partial charge in [-0.2, -0.15) is 0 Å². The van der Waals surface area contributed by atoms with Crippen molar-refractivity contribution in [2.24, 2.45) is 0 Å². The second kappa shape index (κ2) is 5.59. The number of para-hydroxylation sites is 1. The summed E-state index contributed by atoms with van der Waals surface area (Å²) in [6.45, 7) is 7.67. The predicted molar refractivity (Wildman–Crippen MR) is 109 cm³/mol. The molecular weight excluding hydrogens is 336 g/mol. The largest absolute Gasteiger partial charge is 0.385 e. The van der Waals surface area contributed by atoms with E-state index in [1.54, 1.807) is 0 Å². The van der Waals surface area contributed by atoms with Gasteiger partial charge in [0.2, 0.25) is 5.91 Å². The lowest BCUT2D eigenvalue weighted by atomic mass is 9.86. The number of H-pyrrole nitrogens is 1. The molecule has 5 heteroatoms. The molecule has 1 unspecified atom stereocenters. The molecule has 0 aliphatic carbocycles. The molecule has 1 aromatic heterocycles. The number of fused-ring (bicyclic) bond motifs is 3. The van der Waals surface area contributed by atoms with Crippen LogP contribution >= 0.6 is 0 Å². The first-order valence-corrected chi connectivity index (χ1v) is 9.69. The molecule has 2 aliphatic rings.